The molecule has 1 saturated heterocycles. The molecule has 4 heteroatoms. The highest BCUT2D eigenvalue weighted by Crippen LogP contribution is 2.36. The number of aryl methyl sites for hydroxylation is 1. The van der Waals surface area contributed by atoms with Crippen LogP contribution in [0.5, 0.6) is 0 Å². The van der Waals surface area contributed by atoms with E-state index in [1.165, 1.54) is 28.1 Å². The van der Waals surface area contributed by atoms with Crippen molar-refractivity contribution in [2.24, 2.45) is 5.92 Å². The van der Waals surface area contributed by atoms with E-state index in [2.05, 4.69) is 95.9 Å². The fourth-order valence-corrected chi connectivity index (χ4v) is 5.91. The number of piperidine rings is 1. The minimum Gasteiger partial charge on any atom is -0.357 e. The number of nitriles is 1. The molecule has 4 nitrogen and oxygen atoms in total. The Morgan fingerprint density at radius 3 is 2.30 bits per heavy atom. The summed E-state index contributed by atoms with van der Waals surface area (Å²) in [5, 5.41) is 10.2. The summed E-state index contributed by atoms with van der Waals surface area (Å²) < 4.78 is 2.27. The van der Waals surface area contributed by atoms with Crippen LogP contribution in [0.4, 0.5) is 5.82 Å². The van der Waals surface area contributed by atoms with Crippen LogP contribution in [-0.4, -0.2) is 22.5 Å². The van der Waals surface area contributed by atoms with E-state index in [0.717, 1.165) is 61.0 Å². The van der Waals surface area contributed by atoms with Gasteiger partial charge in [-0.25, -0.2) is 4.98 Å². The van der Waals surface area contributed by atoms with Crippen molar-refractivity contribution in [3.63, 3.8) is 0 Å². The number of hydrogen-bond donors (Lipinski definition) is 0. The van der Waals surface area contributed by atoms with Gasteiger partial charge in [0.15, 0.2) is 5.65 Å². The van der Waals surface area contributed by atoms with Gasteiger partial charge in [0.05, 0.1) is 16.6 Å². The first-order valence-electron chi connectivity index (χ1n) is 13.3. The maximum atomic E-state index is 10.2. The third-order valence-corrected chi connectivity index (χ3v) is 7.99. The van der Waals surface area contributed by atoms with Crippen molar-refractivity contribution in [2.75, 3.05) is 18.0 Å². The van der Waals surface area contributed by atoms with Crippen molar-refractivity contribution in [2.45, 2.75) is 39.5 Å². The van der Waals surface area contributed by atoms with Crippen LogP contribution in [0.2, 0.25) is 0 Å². The Morgan fingerprint density at radius 2 is 1.57 bits per heavy atom. The number of hydrogen-bond acceptors (Lipinski definition) is 3. The Morgan fingerprint density at radius 1 is 0.865 bits per heavy atom. The summed E-state index contributed by atoms with van der Waals surface area (Å²) in [5.41, 5.74) is 9.70. The minimum absolute atomic E-state index is 0.682. The topological polar surface area (TPSA) is 44.3 Å². The predicted molar refractivity (Wildman–Crippen MR) is 151 cm³/mol. The van der Waals surface area contributed by atoms with Crippen LogP contribution in [0.25, 0.3) is 16.7 Å². The summed E-state index contributed by atoms with van der Waals surface area (Å²) >= 11 is 0. The molecule has 1 aliphatic rings. The first kappa shape index (κ1) is 23.3. The Labute approximate surface area is 218 Å². The summed E-state index contributed by atoms with van der Waals surface area (Å²) in [6.07, 6.45) is 4.25. The third kappa shape index (κ3) is 4.36. The monoisotopic (exact) mass is 484 g/mol. The highest BCUT2D eigenvalue weighted by atomic mass is 15.2. The average Bonchev–Trinajstić information content (AvgIpc) is 3.30. The summed E-state index contributed by atoms with van der Waals surface area (Å²) in [6, 6.07) is 30.4. The van der Waals surface area contributed by atoms with E-state index in [1.807, 2.05) is 12.1 Å². The molecule has 184 valence electrons. The van der Waals surface area contributed by atoms with Gasteiger partial charge < -0.3 is 4.90 Å². The molecular weight excluding hydrogens is 452 g/mol. The average molecular weight is 485 g/mol. The van der Waals surface area contributed by atoms with E-state index >= 15 is 0 Å². The zero-order valence-corrected chi connectivity index (χ0v) is 21.6. The van der Waals surface area contributed by atoms with Crippen LogP contribution in [0.3, 0.4) is 0 Å². The molecule has 3 aromatic carbocycles. The smallest absolute Gasteiger partial charge is 0.157 e. The number of pyridine rings is 1. The highest BCUT2D eigenvalue weighted by molar-refractivity contribution is 5.86. The van der Waals surface area contributed by atoms with Gasteiger partial charge in [-0.15, -0.1) is 0 Å². The number of para-hydroxylation sites is 2. The molecule has 0 N–H and O–H groups in total. The van der Waals surface area contributed by atoms with Gasteiger partial charge in [-0.1, -0.05) is 72.3 Å². The summed E-state index contributed by atoms with van der Waals surface area (Å²) in [6.45, 7) is 6.24. The number of imidazole rings is 1. The van der Waals surface area contributed by atoms with Crippen molar-refractivity contribution in [1.29, 1.82) is 5.26 Å². The van der Waals surface area contributed by atoms with Gasteiger partial charge in [0.1, 0.15) is 11.9 Å². The minimum atomic E-state index is 0.682. The maximum absolute atomic E-state index is 10.2. The molecule has 0 saturated carbocycles. The zero-order chi connectivity index (χ0) is 25.4. The number of nitrogens with zero attached hydrogens (tertiary/aromatic N) is 4. The molecule has 5 aromatic rings. The van der Waals surface area contributed by atoms with E-state index < -0.39 is 0 Å². The van der Waals surface area contributed by atoms with E-state index in [0.29, 0.717) is 11.5 Å². The van der Waals surface area contributed by atoms with Gasteiger partial charge in [0, 0.05) is 25.1 Å². The van der Waals surface area contributed by atoms with E-state index in [4.69, 9.17) is 4.98 Å². The molecular formula is C33H32N4. The standard InChI is InChI=1S/C33H32N4/c1-23-12-14-26(15-13-23)21-28-24(2)29(22-34)32-35-30-10-6-7-11-31(30)37(32)33(28)36-18-16-27(17-19-36)20-25-8-4-3-5-9-25/h3-15,27H,16-21H2,1-2H3. The van der Waals surface area contributed by atoms with Crippen molar-refractivity contribution in [3.05, 3.63) is 112 Å². The predicted octanol–water partition coefficient (Wildman–Crippen LogP) is 7.03. The van der Waals surface area contributed by atoms with Gasteiger partial charge in [0.25, 0.3) is 0 Å². The first-order chi connectivity index (χ1) is 18.1. The molecule has 0 bridgehead atoms. The number of anilines is 1. The van der Waals surface area contributed by atoms with Gasteiger partial charge in [0.2, 0.25) is 0 Å². The SMILES string of the molecule is Cc1ccc(Cc2c(C)c(C#N)c3nc4ccccc4n3c2N2CCC(Cc3ccccc3)CC2)cc1. The fraction of sp³-hybridized carbons (Fsp3) is 0.273. The molecule has 0 aliphatic carbocycles. The number of rotatable bonds is 5. The number of aromatic nitrogens is 2. The molecule has 37 heavy (non-hydrogen) atoms. The lowest BCUT2D eigenvalue weighted by molar-refractivity contribution is 0.401. The molecule has 6 rings (SSSR count). The van der Waals surface area contributed by atoms with Gasteiger partial charge in [-0.2, -0.15) is 5.26 Å². The summed E-state index contributed by atoms with van der Waals surface area (Å²) in [7, 11) is 0. The van der Waals surface area contributed by atoms with E-state index in [9.17, 15) is 5.26 Å². The quantitative estimate of drug-likeness (QED) is 0.269. The van der Waals surface area contributed by atoms with Gasteiger partial charge in [-0.3, -0.25) is 4.40 Å². The highest BCUT2D eigenvalue weighted by Gasteiger charge is 2.27. The van der Waals surface area contributed by atoms with Crippen LogP contribution < -0.4 is 4.90 Å². The molecule has 2 aromatic heterocycles. The second-order valence-electron chi connectivity index (χ2n) is 10.5. The molecule has 0 radical (unpaired) electrons. The summed E-state index contributed by atoms with van der Waals surface area (Å²) in [5.74, 6) is 1.90. The lowest BCUT2D eigenvalue weighted by Crippen LogP contribution is -2.36. The van der Waals surface area contributed by atoms with Crippen LogP contribution in [0.15, 0.2) is 78.9 Å². The van der Waals surface area contributed by atoms with Gasteiger partial charge >= 0.3 is 0 Å². The van der Waals surface area contributed by atoms with E-state index in [-0.39, 0.29) is 0 Å². The largest absolute Gasteiger partial charge is 0.357 e. The third-order valence-electron chi connectivity index (χ3n) is 7.99. The maximum Gasteiger partial charge on any atom is 0.157 e. The van der Waals surface area contributed by atoms with Crippen LogP contribution >= 0.6 is 0 Å². The second-order valence-corrected chi connectivity index (χ2v) is 10.5. The van der Waals surface area contributed by atoms with Crippen LogP contribution in [0, 0.1) is 31.1 Å². The molecule has 1 fully saturated rings. The second kappa shape index (κ2) is 9.75. The fourth-order valence-electron chi connectivity index (χ4n) is 5.91. The van der Waals surface area contributed by atoms with Crippen molar-refractivity contribution in [3.8, 4) is 6.07 Å². The van der Waals surface area contributed by atoms with Crippen LogP contribution in [-0.2, 0) is 12.8 Å². The van der Waals surface area contributed by atoms with Crippen molar-refractivity contribution in [1.82, 2.24) is 9.38 Å². The molecule has 3 heterocycles. The van der Waals surface area contributed by atoms with Crippen LogP contribution in [0.1, 0.15) is 46.2 Å². The normalized spacial score (nSPS) is 14.4. The van der Waals surface area contributed by atoms with Crippen molar-refractivity contribution < 1.29 is 0 Å². The Bertz CT molecular complexity index is 1600. The van der Waals surface area contributed by atoms with Crippen molar-refractivity contribution >= 4 is 22.5 Å². The van der Waals surface area contributed by atoms with E-state index in [1.54, 1.807) is 0 Å². The lowest BCUT2D eigenvalue weighted by Gasteiger charge is -2.36. The first-order valence-corrected chi connectivity index (χ1v) is 13.3. The molecule has 0 amide bonds. The Kier molecular flexibility index (Phi) is 6.14. The van der Waals surface area contributed by atoms with Gasteiger partial charge in [-0.05, 0) is 67.9 Å². The lowest BCUT2D eigenvalue weighted by atomic mass is 9.89. The zero-order valence-electron chi connectivity index (χ0n) is 21.6. The Hall–Kier alpha value is -4.10. The Balaban J connectivity index is 1.46. The molecule has 0 unspecified atom stereocenters. The number of benzene rings is 3. The molecule has 0 spiro atoms. The molecule has 1 aliphatic heterocycles. The molecule has 0 atom stereocenters. The summed E-state index contributed by atoms with van der Waals surface area (Å²) in [4.78, 5) is 7.50. The number of fused-ring (bicyclic) bond motifs is 3.